The van der Waals surface area contributed by atoms with Gasteiger partial charge in [-0.2, -0.15) is 9.40 Å². The third-order valence-electron chi connectivity index (χ3n) is 3.13. The molecule has 1 aromatic rings. The fourth-order valence-corrected chi connectivity index (χ4v) is 3.15. The first kappa shape index (κ1) is 18.1. The van der Waals surface area contributed by atoms with Crippen LogP contribution in [-0.2, 0) is 16.6 Å². The fraction of sp³-hybridized carbons (Fsp3) is 0.769. The van der Waals surface area contributed by atoms with E-state index in [1.807, 2.05) is 32.8 Å². The number of H-pyrrole nitrogens is 1. The fourth-order valence-electron chi connectivity index (χ4n) is 1.85. The molecule has 0 saturated carbocycles. The van der Waals surface area contributed by atoms with Crippen molar-refractivity contribution in [1.29, 1.82) is 0 Å². The number of aromatic amines is 1. The zero-order valence-electron chi connectivity index (χ0n) is 13.5. The maximum Gasteiger partial charge on any atom is 0.260 e. The summed E-state index contributed by atoms with van der Waals surface area (Å²) in [6.45, 7) is 5.85. The molecule has 0 aliphatic carbocycles. The van der Waals surface area contributed by atoms with E-state index in [1.165, 1.54) is 4.31 Å². The van der Waals surface area contributed by atoms with Crippen molar-refractivity contribution in [2.45, 2.75) is 37.9 Å². The van der Waals surface area contributed by atoms with Crippen molar-refractivity contribution >= 4 is 10.0 Å². The van der Waals surface area contributed by atoms with Crippen LogP contribution in [0.4, 0.5) is 0 Å². The van der Waals surface area contributed by atoms with Crippen LogP contribution in [0.3, 0.4) is 0 Å². The molecule has 1 rings (SSSR count). The molecular weight excluding hydrogens is 290 g/mol. The highest BCUT2D eigenvalue weighted by Crippen LogP contribution is 2.16. The standard InChI is InChI=1S/C13H27N5O2S/c1-11(2)14-9-12-10-15-16-13(12)21(19,20)18(5)8-6-7-17(3)4/h10-11,14H,6-9H2,1-5H3,(H,15,16). The number of sulfonamides is 1. The van der Waals surface area contributed by atoms with Gasteiger partial charge in [0.1, 0.15) is 0 Å². The van der Waals surface area contributed by atoms with Crippen LogP contribution in [0.15, 0.2) is 11.2 Å². The van der Waals surface area contributed by atoms with E-state index in [-0.39, 0.29) is 11.1 Å². The molecule has 0 fully saturated rings. The SMILES string of the molecule is CC(C)NCc1cn[nH]c1S(=O)(=O)N(C)CCCN(C)C. The Morgan fingerprint density at radius 3 is 2.52 bits per heavy atom. The summed E-state index contributed by atoms with van der Waals surface area (Å²) >= 11 is 0. The number of aromatic nitrogens is 2. The Labute approximate surface area is 127 Å². The van der Waals surface area contributed by atoms with E-state index >= 15 is 0 Å². The highest BCUT2D eigenvalue weighted by atomic mass is 32.2. The third kappa shape index (κ3) is 5.39. The zero-order valence-corrected chi connectivity index (χ0v) is 14.4. The van der Waals surface area contributed by atoms with E-state index in [1.54, 1.807) is 13.2 Å². The lowest BCUT2D eigenvalue weighted by Gasteiger charge is -2.18. The van der Waals surface area contributed by atoms with Gasteiger partial charge in [-0.25, -0.2) is 8.42 Å². The van der Waals surface area contributed by atoms with E-state index in [0.717, 1.165) is 13.0 Å². The molecule has 2 N–H and O–H groups in total. The molecule has 0 aliphatic rings. The third-order valence-corrected chi connectivity index (χ3v) is 5.00. The predicted octanol–water partition coefficient (Wildman–Crippen LogP) is 0.480. The lowest BCUT2D eigenvalue weighted by atomic mass is 10.3. The van der Waals surface area contributed by atoms with Crippen LogP contribution < -0.4 is 5.32 Å². The molecular formula is C13H27N5O2S. The molecule has 0 aliphatic heterocycles. The molecule has 0 unspecified atom stereocenters. The van der Waals surface area contributed by atoms with Crippen LogP contribution >= 0.6 is 0 Å². The number of rotatable bonds is 9. The molecule has 122 valence electrons. The van der Waals surface area contributed by atoms with Gasteiger partial charge in [0.05, 0.1) is 6.20 Å². The normalized spacial score (nSPS) is 12.8. The first-order valence-corrected chi connectivity index (χ1v) is 8.56. The second-order valence-corrected chi connectivity index (χ2v) is 7.73. The first-order valence-electron chi connectivity index (χ1n) is 7.12. The Morgan fingerprint density at radius 2 is 1.95 bits per heavy atom. The van der Waals surface area contributed by atoms with E-state index in [9.17, 15) is 8.42 Å². The van der Waals surface area contributed by atoms with Gasteiger partial charge in [0.15, 0.2) is 5.03 Å². The van der Waals surface area contributed by atoms with Gasteiger partial charge in [-0.05, 0) is 27.1 Å². The van der Waals surface area contributed by atoms with E-state index in [0.29, 0.717) is 18.7 Å². The average Bonchev–Trinajstić information content (AvgIpc) is 2.84. The summed E-state index contributed by atoms with van der Waals surface area (Å²) in [5, 5.41) is 9.89. The van der Waals surface area contributed by atoms with Crippen molar-refractivity contribution in [3.05, 3.63) is 11.8 Å². The Bertz CT molecular complexity index is 524. The van der Waals surface area contributed by atoms with Crippen molar-refractivity contribution in [1.82, 2.24) is 24.7 Å². The van der Waals surface area contributed by atoms with Gasteiger partial charge in [0.2, 0.25) is 0 Å². The topological polar surface area (TPSA) is 81.3 Å². The van der Waals surface area contributed by atoms with Gasteiger partial charge in [0.25, 0.3) is 10.0 Å². The first-order chi connectivity index (χ1) is 9.75. The van der Waals surface area contributed by atoms with Crippen molar-refractivity contribution < 1.29 is 8.42 Å². The predicted molar refractivity (Wildman–Crippen MR) is 83.6 cm³/mol. The van der Waals surface area contributed by atoms with Crippen LogP contribution in [0.25, 0.3) is 0 Å². The van der Waals surface area contributed by atoms with E-state index in [2.05, 4.69) is 15.5 Å². The zero-order chi connectivity index (χ0) is 16.0. The number of nitrogens with zero attached hydrogens (tertiary/aromatic N) is 3. The molecule has 21 heavy (non-hydrogen) atoms. The maximum absolute atomic E-state index is 12.5. The summed E-state index contributed by atoms with van der Waals surface area (Å²) in [6.07, 6.45) is 2.35. The van der Waals surface area contributed by atoms with Crippen molar-refractivity contribution in [2.75, 3.05) is 34.2 Å². The maximum atomic E-state index is 12.5. The molecule has 0 saturated heterocycles. The second kappa shape index (κ2) is 7.88. The Morgan fingerprint density at radius 1 is 1.29 bits per heavy atom. The van der Waals surface area contributed by atoms with E-state index in [4.69, 9.17) is 0 Å². The molecule has 0 bridgehead atoms. The van der Waals surface area contributed by atoms with Gasteiger partial charge in [-0.15, -0.1) is 0 Å². The average molecular weight is 317 g/mol. The minimum atomic E-state index is -3.52. The van der Waals surface area contributed by atoms with Crippen LogP contribution in [0.5, 0.6) is 0 Å². The number of hydrogen-bond donors (Lipinski definition) is 2. The highest BCUT2D eigenvalue weighted by molar-refractivity contribution is 7.89. The second-order valence-electron chi connectivity index (χ2n) is 5.74. The van der Waals surface area contributed by atoms with Gasteiger partial charge in [-0.1, -0.05) is 13.8 Å². The molecule has 0 spiro atoms. The van der Waals surface area contributed by atoms with E-state index < -0.39 is 10.0 Å². The summed E-state index contributed by atoms with van der Waals surface area (Å²) in [5.74, 6) is 0. The van der Waals surface area contributed by atoms with Crippen molar-refractivity contribution in [2.24, 2.45) is 0 Å². The molecule has 1 heterocycles. The Balaban J connectivity index is 2.75. The van der Waals surface area contributed by atoms with Crippen LogP contribution in [0.1, 0.15) is 25.8 Å². The lowest BCUT2D eigenvalue weighted by molar-refractivity contribution is 0.369. The summed E-state index contributed by atoms with van der Waals surface area (Å²) < 4.78 is 26.5. The smallest absolute Gasteiger partial charge is 0.260 e. The minimum absolute atomic E-state index is 0.183. The Kier molecular flexibility index (Phi) is 6.79. The number of nitrogens with one attached hydrogen (secondary N) is 2. The highest BCUT2D eigenvalue weighted by Gasteiger charge is 2.25. The lowest BCUT2D eigenvalue weighted by Crippen LogP contribution is -2.31. The van der Waals surface area contributed by atoms with Crippen LogP contribution in [0, 0.1) is 0 Å². The summed E-state index contributed by atoms with van der Waals surface area (Å²) in [5.41, 5.74) is 0.670. The van der Waals surface area contributed by atoms with Crippen LogP contribution in [0.2, 0.25) is 0 Å². The molecule has 0 radical (unpaired) electrons. The van der Waals surface area contributed by atoms with Gasteiger partial charge < -0.3 is 10.2 Å². The summed E-state index contributed by atoms with van der Waals surface area (Å²) in [6, 6.07) is 0.285. The molecule has 0 aromatic carbocycles. The molecule has 7 nitrogen and oxygen atoms in total. The minimum Gasteiger partial charge on any atom is -0.310 e. The quantitative estimate of drug-likeness (QED) is 0.692. The monoisotopic (exact) mass is 317 g/mol. The summed E-state index contributed by atoms with van der Waals surface area (Å²) in [7, 11) is 2.03. The molecule has 0 atom stereocenters. The number of hydrogen-bond acceptors (Lipinski definition) is 5. The van der Waals surface area contributed by atoms with Crippen molar-refractivity contribution in [3.63, 3.8) is 0 Å². The van der Waals surface area contributed by atoms with Gasteiger partial charge >= 0.3 is 0 Å². The van der Waals surface area contributed by atoms with Gasteiger partial charge in [-0.3, -0.25) is 5.10 Å². The molecule has 0 amide bonds. The largest absolute Gasteiger partial charge is 0.310 e. The van der Waals surface area contributed by atoms with Crippen LogP contribution in [-0.4, -0.2) is 68.1 Å². The van der Waals surface area contributed by atoms with Crippen molar-refractivity contribution in [3.8, 4) is 0 Å². The summed E-state index contributed by atoms with van der Waals surface area (Å²) in [4.78, 5) is 2.04. The Hall–Kier alpha value is -0.960. The molecule has 8 heteroatoms. The van der Waals surface area contributed by atoms with Gasteiger partial charge in [0, 0.05) is 31.7 Å². The molecule has 1 aromatic heterocycles.